The highest BCUT2D eigenvalue weighted by Crippen LogP contribution is 1.99. The second kappa shape index (κ2) is 16.3. The highest BCUT2D eigenvalue weighted by molar-refractivity contribution is 5.87. The molecule has 12 heteroatoms. The van der Waals surface area contributed by atoms with E-state index >= 15 is 0 Å². The number of amides is 3. The van der Waals surface area contributed by atoms with Crippen LogP contribution in [0.25, 0.3) is 0 Å². The number of carbonyl (C=O) groups is 3. The van der Waals surface area contributed by atoms with E-state index in [-0.39, 0.29) is 37.9 Å². The van der Waals surface area contributed by atoms with Gasteiger partial charge in [-0.2, -0.15) is 0 Å². The Labute approximate surface area is 192 Å². The van der Waals surface area contributed by atoms with Crippen LogP contribution in [0.3, 0.4) is 0 Å². The number of nitrogens with one attached hydrogen (secondary N) is 4. The predicted octanol–water partition coefficient (Wildman–Crippen LogP) is 1.62. The predicted molar refractivity (Wildman–Crippen MR) is 121 cm³/mol. The number of esters is 1. The van der Waals surface area contributed by atoms with Gasteiger partial charge in [0.25, 0.3) is 5.56 Å². The number of urea groups is 1. The first-order valence-corrected chi connectivity index (χ1v) is 10.7. The smallest absolute Gasteiger partial charge is 0.407 e. The number of ether oxygens (including phenoxy) is 3. The van der Waals surface area contributed by atoms with Gasteiger partial charge in [0.15, 0.2) is 0 Å². The van der Waals surface area contributed by atoms with Gasteiger partial charge in [0.2, 0.25) is 5.95 Å². The number of aromatic amines is 1. The van der Waals surface area contributed by atoms with Crippen molar-refractivity contribution in [3.63, 3.8) is 0 Å². The van der Waals surface area contributed by atoms with E-state index in [9.17, 15) is 19.2 Å². The van der Waals surface area contributed by atoms with Crippen LogP contribution in [0.2, 0.25) is 0 Å². The Morgan fingerprint density at radius 3 is 2.27 bits per heavy atom. The standard InChI is InChI=1S/C21H33N5O7/c1-15(2)18(28)32-12-10-31-11-13-33-21(30)23-9-7-5-4-6-8-22-20(29)26-19-24-16(3)14-17(27)25-19/h14H,1,4-13H2,2-3H3,(H,23,30)(H3,22,24,25,26,27,29). The van der Waals surface area contributed by atoms with Crippen molar-refractivity contribution in [2.24, 2.45) is 0 Å². The monoisotopic (exact) mass is 467 g/mol. The van der Waals surface area contributed by atoms with E-state index in [0.717, 1.165) is 25.7 Å². The number of aromatic nitrogens is 2. The van der Waals surface area contributed by atoms with E-state index in [1.165, 1.54) is 6.07 Å². The lowest BCUT2D eigenvalue weighted by molar-refractivity contribution is -0.140. The molecule has 33 heavy (non-hydrogen) atoms. The molecule has 0 saturated heterocycles. The van der Waals surface area contributed by atoms with Crippen LogP contribution in [-0.2, 0) is 19.0 Å². The number of aryl methyl sites for hydroxylation is 1. The number of alkyl carbamates (subject to hydrolysis) is 1. The molecule has 12 nitrogen and oxygen atoms in total. The fraction of sp³-hybridized carbons (Fsp3) is 0.571. The van der Waals surface area contributed by atoms with Gasteiger partial charge in [-0.15, -0.1) is 0 Å². The number of nitrogens with zero attached hydrogens (tertiary/aromatic N) is 1. The normalized spacial score (nSPS) is 10.2. The maximum Gasteiger partial charge on any atom is 0.407 e. The molecule has 1 heterocycles. The second-order valence-electron chi connectivity index (χ2n) is 7.12. The first-order chi connectivity index (χ1) is 15.8. The highest BCUT2D eigenvalue weighted by Gasteiger charge is 2.05. The summed E-state index contributed by atoms with van der Waals surface area (Å²) in [6.07, 6.45) is 2.78. The molecule has 0 aliphatic heterocycles. The van der Waals surface area contributed by atoms with Crippen LogP contribution in [0, 0.1) is 6.92 Å². The minimum atomic E-state index is -0.520. The summed E-state index contributed by atoms with van der Waals surface area (Å²) in [5, 5.41) is 7.81. The van der Waals surface area contributed by atoms with Crippen molar-refractivity contribution in [2.75, 3.05) is 44.8 Å². The van der Waals surface area contributed by atoms with E-state index in [1.54, 1.807) is 13.8 Å². The van der Waals surface area contributed by atoms with E-state index < -0.39 is 18.1 Å². The largest absolute Gasteiger partial charge is 0.460 e. The van der Waals surface area contributed by atoms with Gasteiger partial charge in [-0.25, -0.2) is 19.4 Å². The molecule has 0 unspecified atom stereocenters. The lowest BCUT2D eigenvalue weighted by Crippen LogP contribution is -2.31. The zero-order chi connectivity index (χ0) is 24.5. The molecule has 4 N–H and O–H groups in total. The topological polar surface area (TPSA) is 161 Å². The number of unbranched alkanes of at least 4 members (excludes halogenated alkanes) is 3. The average Bonchev–Trinajstić information content (AvgIpc) is 2.73. The van der Waals surface area contributed by atoms with Crippen molar-refractivity contribution >= 4 is 24.0 Å². The number of H-pyrrole nitrogens is 1. The minimum Gasteiger partial charge on any atom is -0.460 e. The SMILES string of the molecule is C=C(C)C(=O)OCCOCCOC(=O)NCCCCCCNC(=O)Nc1nc(C)cc(=O)[nH]1. The molecular formula is C21H33N5O7. The van der Waals surface area contributed by atoms with Crippen LogP contribution >= 0.6 is 0 Å². The molecular weight excluding hydrogens is 434 g/mol. The van der Waals surface area contributed by atoms with Crippen molar-refractivity contribution in [3.05, 3.63) is 34.3 Å². The van der Waals surface area contributed by atoms with Crippen molar-refractivity contribution < 1.29 is 28.6 Å². The fourth-order valence-electron chi connectivity index (χ4n) is 2.45. The molecule has 1 aromatic heterocycles. The summed E-state index contributed by atoms with van der Waals surface area (Å²) in [5.41, 5.74) is 0.506. The Morgan fingerprint density at radius 1 is 1.00 bits per heavy atom. The number of carbonyl (C=O) groups excluding carboxylic acids is 3. The fourth-order valence-corrected chi connectivity index (χ4v) is 2.45. The Balaban J connectivity index is 1.92. The summed E-state index contributed by atoms with van der Waals surface area (Å²) < 4.78 is 15.0. The average molecular weight is 468 g/mol. The second-order valence-corrected chi connectivity index (χ2v) is 7.12. The first-order valence-electron chi connectivity index (χ1n) is 10.7. The molecule has 3 amide bonds. The Bertz CT molecular complexity index is 841. The van der Waals surface area contributed by atoms with Gasteiger partial charge in [0, 0.05) is 30.4 Å². The van der Waals surface area contributed by atoms with Crippen LogP contribution in [0.1, 0.15) is 38.3 Å². The molecule has 0 bridgehead atoms. The maximum absolute atomic E-state index is 11.8. The molecule has 0 saturated carbocycles. The zero-order valence-corrected chi connectivity index (χ0v) is 19.2. The van der Waals surface area contributed by atoms with Gasteiger partial charge in [0.05, 0.1) is 13.2 Å². The lowest BCUT2D eigenvalue weighted by atomic mass is 10.2. The van der Waals surface area contributed by atoms with E-state index in [1.807, 2.05) is 0 Å². The van der Waals surface area contributed by atoms with Gasteiger partial charge in [0.1, 0.15) is 13.2 Å². The maximum atomic E-state index is 11.8. The summed E-state index contributed by atoms with van der Waals surface area (Å²) >= 11 is 0. The van der Waals surface area contributed by atoms with Gasteiger partial charge in [-0.05, 0) is 26.7 Å². The summed E-state index contributed by atoms with van der Waals surface area (Å²) in [6.45, 7) is 8.28. The number of hydrogen-bond donors (Lipinski definition) is 4. The highest BCUT2D eigenvalue weighted by atomic mass is 16.6. The molecule has 0 spiro atoms. The van der Waals surface area contributed by atoms with Crippen LogP contribution < -0.4 is 21.5 Å². The third kappa shape index (κ3) is 14.3. The van der Waals surface area contributed by atoms with Crippen LogP contribution in [-0.4, -0.2) is 67.6 Å². The molecule has 184 valence electrons. The number of anilines is 1. The molecule has 0 fully saturated rings. The number of hydrogen-bond acceptors (Lipinski definition) is 8. The molecule has 0 aromatic carbocycles. The molecule has 1 rings (SSSR count). The number of rotatable bonds is 15. The van der Waals surface area contributed by atoms with Crippen LogP contribution in [0.4, 0.5) is 15.5 Å². The molecule has 0 radical (unpaired) electrons. The molecule has 1 aromatic rings. The summed E-state index contributed by atoms with van der Waals surface area (Å²) in [4.78, 5) is 52.3. The van der Waals surface area contributed by atoms with E-state index in [4.69, 9.17) is 14.2 Å². The summed E-state index contributed by atoms with van der Waals surface area (Å²) in [5.74, 6) is -0.364. The molecule has 0 atom stereocenters. The summed E-state index contributed by atoms with van der Waals surface area (Å²) in [7, 11) is 0. The van der Waals surface area contributed by atoms with Crippen LogP contribution in [0.15, 0.2) is 23.0 Å². The van der Waals surface area contributed by atoms with Crippen molar-refractivity contribution in [1.82, 2.24) is 20.6 Å². The van der Waals surface area contributed by atoms with Crippen molar-refractivity contribution in [2.45, 2.75) is 39.5 Å². The Hall–Kier alpha value is -3.41. The first kappa shape index (κ1) is 27.6. The quantitative estimate of drug-likeness (QED) is 0.172. The van der Waals surface area contributed by atoms with Gasteiger partial charge in [-0.1, -0.05) is 19.4 Å². The zero-order valence-electron chi connectivity index (χ0n) is 19.2. The lowest BCUT2D eigenvalue weighted by Gasteiger charge is -2.09. The van der Waals surface area contributed by atoms with Crippen molar-refractivity contribution in [1.29, 1.82) is 0 Å². The van der Waals surface area contributed by atoms with Gasteiger partial charge < -0.3 is 24.8 Å². The van der Waals surface area contributed by atoms with Crippen molar-refractivity contribution in [3.8, 4) is 0 Å². The van der Waals surface area contributed by atoms with Gasteiger partial charge >= 0.3 is 18.1 Å². The minimum absolute atomic E-state index is 0.0972. The summed E-state index contributed by atoms with van der Waals surface area (Å²) in [6, 6.07) is 0.895. The van der Waals surface area contributed by atoms with Gasteiger partial charge in [-0.3, -0.25) is 15.1 Å². The Kier molecular flexibility index (Phi) is 13.6. The van der Waals surface area contributed by atoms with E-state index in [2.05, 4.69) is 32.5 Å². The molecule has 0 aliphatic carbocycles. The Morgan fingerprint density at radius 2 is 1.64 bits per heavy atom. The molecule has 0 aliphatic rings. The van der Waals surface area contributed by atoms with E-state index in [0.29, 0.717) is 24.4 Å². The third-order valence-corrected chi connectivity index (χ3v) is 4.03. The van der Waals surface area contributed by atoms with Crippen LogP contribution in [0.5, 0.6) is 0 Å². The third-order valence-electron chi connectivity index (χ3n) is 4.03.